The van der Waals surface area contributed by atoms with E-state index in [0.717, 1.165) is 32.2 Å². The van der Waals surface area contributed by atoms with E-state index in [1.54, 1.807) is 0 Å². The fourth-order valence-electron chi connectivity index (χ4n) is 0.606. The molecule has 0 aliphatic rings. The van der Waals surface area contributed by atoms with Gasteiger partial charge in [0.05, 0.1) is 13.2 Å². The second kappa shape index (κ2) is 8.45. The van der Waals surface area contributed by atoms with Crippen molar-refractivity contribution in [1.82, 2.24) is 0 Å². The lowest BCUT2D eigenvalue weighted by molar-refractivity contribution is 0.250. The largest absolute Gasteiger partial charge is 0.334 e. The van der Waals surface area contributed by atoms with E-state index in [1.165, 1.54) is 0 Å². The lowest BCUT2D eigenvalue weighted by atomic mass is 10.5. The van der Waals surface area contributed by atoms with Crippen molar-refractivity contribution in [2.45, 2.75) is 33.6 Å². The molecule has 0 N–H and O–H groups in total. The van der Waals surface area contributed by atoms with Crippen molar-refractivity contribution in [3.63, 3.8) is 0 Å². The van der Waals surface area contributed by atoms with Crippen molar-refractivity contribution in [2.24, 2.45) is 0 Å². The maximum absolute atomic E-state index is 5.49. The lowest BCUT2D eigenvalue weighted by Crippen LogP contribution is -1.95. The zero-order chi connectivity index (χ0) is 8.53. The summed E-state index contributed by atoms with van der Waals surface area (Å²) in [6.07, 6.45) is 3.16. The molecule has 0 radical (unpaired) electrons. The van der Waals surface area contributed by atoms with Crippen LogP contribution < -0.4 is 0 Å². The Hall–Kier alpha value is 0.350. The van der Waals surface area contributed by atoms with Gasteiger partial charge in [-0.2, -0.15) is 0 Å². The van der Waals surface area contributed by atoms with Crippen LogP contribution in [0.15, 0.2) is 0 Å². The van der Waals surface area contributed by atoms with Gasteiger partial charge in [0.15, 0.2) is 8.38 Å². The van der Waals surface area contributed by atoms with Crippen LogP contribution in [0.5, 0.6) is 0 Å². The van der Waals surface area contributed by atoms with Gasteiger partial charge in [-0.1, -0.05) is 20.8 Å². The second-order valence-electron chi connectivity index (χ2n) is 2.32. The quantitative estimate of drug-likeness (QED) is 0.557. The molecule has 0 aromatic heterocycles. The zero-order valence-corrected chi connectivity index (χ0v) is 8.69. The van der Waals surface area contributed by atoms with Crippen LogP contribution in [0.2, 0.25) is 0 Å². The molecule has 0 aromatic carbocycles. The van der Waals surface area contributed by atoms with Crippen molar-refractivity contribution in [1.29, 1.82) is 0 Å². The Morgan fingerprint density at radius 2 is 1.36 bits per heavy atom. The fourth-order valence-corrected chi connectivity index (χ4v) is 1.82. The van der Waals surface area contributed by atoms with E-state index in [1.807, 2.05) is 0 Å². The molecular weight excluding hydrogens is 159 g/mol. The monoisotopic (exact) mass is 178 g/mol. The minimum Gasteiger partial charge on any atom is -0.334 e. The smallest absolute Gasteiger partial charge is 0.170 e. The van der Waals surface area contributed by atoms with Crippen molar-refractivity contribution < 1.29 is 9.05 Å². The summed E-state index contributed by atoms with van der Waals surface area (Å²) < 4.78 is 11.0. The van der Waals surface area contributed by atoms with E-state index in [-0.39, 0.29) is 0 Å². The van der Waals surface area contributed by atoms with E-state index >= 15 is 0 Å². The molecule has 68 valence electrons. The Morgan fingerprint density at radius 1 is 0.909 bits per heavy atom. The van der Waals surface area contributed by atoms with Gasteiger partial charge in [-0.3, -0.25) is 0 Å². The van der Waals surface area contributed by atoms with Crippen molar-refractivity contribution >= 4 is 8.38 Å². The van der Waals surface area contributed by atoms with Crippen LogP contribution in [0.1, 0.15) is 33.6 Å². The van der Waals surface area contributed by atoms with Crippen molar-refractivity contribution in [3.05, 3.63) is 0 Å². The molecule has 0 unspecified atom stereocenters. The minimum atomic E-state index is -0.570. The molecule has 0 aliphatic carbocycles. The molecule has 0 spiro atoms. The highest BCUT2D eigenvalue weighted by molar-refractivity contribution is 7.47. The van der Waals surface area contributed by atoms with E-state index in [2.05, 4.69) is 20.8 Å². The van der Waals surface area contributed by atoms with Crippen LogP contribution in [0, 0.1) is 0 Å². The molecule has 0 amide bonds. The highest BCUT2D eigenvalue weighted by Gasteiger charge is 2.04. The summed E-state index contributed by atoms with van der Waals surface area (Å²) in [4.78, 5) is 0. The number of rotatable bonds is 7. The van der Waals surface area contributed by atoms with Gasteiger partial charge in [0.2, 0.25) is 0 Å². The van der Waals surface area contributed by atoms with Crippen LogP contribution in [0.3, 0.4) is 0 Å². The molecule has 0 saturated carbocycles. The third kappa shape index (κ3) is 6.74. The first-order chi connectivity index (χ1) is 5.35. The molecule has 3 heteroatoms. The summed E-state index contributed by atoms with van der Waals surface area (Å²) in [6.45, 7) is 8.01. The molecule has 0 atom stereocenters. The summed E-state index contributed by atoms with van der Waals surface area (Å²) in [5, 5.41) is 0. The SMILES string of the molecule is CCCOP(CC)OCCC. The first-order valence-corrected chi connectivity index (χ1v) is 5.74. The average Bonchev–Trinajstić information content (AvgIpc) is 2.05. The Labute approximate surface area is 71.2 Å². The first-order valence-electron chi connectivity index (χ1n) is 4.38. The molecule has 0 aromatic rings. The lowest BCUT2D eigenvalue weighted by Gasteiger charge is -2.14. The number of hydrogen-bond donors (Lipinski definition) is 0. The topological polar surface area (TPSA) is 18.5 Å². The van der Waals surface area contributed by atoms with Gasteiger partial charge in [-0.05, 0) is 12.8 Å². The van der Waals surface area contributed by atoms with Gasteiger partial charge in [-0.15, -0.1) is 0 Å². The normalized spacial score (nSPS) is 10.9. The highest BCUT2D eigenvalue weighted by atomic mass is 31.2. The molecule has 2 nitrogen and oxygen atoms in total. The maximum Gasteiger partial charge on any atom is 0.170 e. The van der Waals surface area contributed by atoms with Crippen LogP contribution >= 0.6 is 8.38 Å². The first kappa shape index (κ1) is 11.4. The molecule has 0 bridgehead atoms. The molecule has 0 aliphatic heterocycles. The van der Waals surface area contributed by atoms with Crippen LogP contribution in [0.25, 0.3) is 0 Å². The molecule has 0 fully saturated rings. The van der Waals surface area contributed by atoms with E-state index in [0.29, 0.717) is 0 Å². The zero-order valence-electron chi connectivity index (χ0n) is 7.80. The van der Waals surface area contributed by atoms with E-state index < -0.39 is 8.38 Å². The summed E-state index contributed by atoms with van der Waals surface area (Å²) in [5.74, 6) is 0. The predicted octanol–water partition coefficient (Wildman–Crippen LogP) is 3.17. The fraction of sp³-hybridized carbons (Fsp3) is 1.00. The summed E-state index contributed by atoms with van der Waals surface area (Å²) in [5.41, 5.74) is 0. The summed E-state index contributed by atoms with van der Waals surface area (Å²) in [7, 11) is -0.570. The molecule has 0 heterocycles. The minimum absolute atomic E-state index is 0.570. The Balaban J connectivity index is 3.25. The molecule has 0 saturated heterocycles. The summed E-state index contributed by atoms with van der Waals surface area (Å²) in [6, 6.07) is 0. The Kier molecular flexibility index (Phi) is 8.72. The van der Waals surface area contributed by atoms with E-state index in [4.69, 9.17) is 9.05 Å². The van der Waals surface area contributed by atoms with Gasteiger partial charge < -0.3 is 9.05 Å². The van der Waals surface area contributed by atoms with Crippen LogP contribution in [-0.2, 0) is 9.05 Å². The van der Waals surface area contributed by atoms with Gasteiger partial charge in [0.1, 0.15) is 0 Å². The average molecular weight is 178 g/mol. The van der Waals surface area contributed by atoms with E-state index in [9.17, 15) is 0 Å². The molecule has 11 heavy (non-hydrogen) atoms. The number of hydrogen-bond acceptors (Lipinski definition) is 2. The third-order valence-corrected chi connectivity index (χ3v) is 2.59. The standard InChI is InChI=1S/C8H19O2P/c1-4-7-9-11(6-3)10-8-5-2/h4-8H2,1-3H3. The Bertz CT molecular complexity index is 70.5. The highest BCUT2D eigenvalue weighted by Crippen LogP contribution is 2.37. The summed E-state index contributed by atoms with van der Waals surface area (Å²) >= 11 is 0. The second-order valence-corrected chi connectivity index (χ2v) is 4.13. The van der Waals surface area contributed by atoms with Gasteiger partial charge in [0.25, 0.3) is 0 Å². The third-order valence-electron chi connectivity index (χ3n) is 1.14. The molecule has 0 rings (SSSR count). The predicted molar refractivity (Wildman–Crippen MR) is 49.9 cm³/mol. The molecular formula is C8H19O2P. The van der Waals surface area contributed by atoms with Crippen molar-refractivity contribution in [3.8, 4) is 0 Å². The van der Waals surface area contributed by atoms with Gasteiger partial charge in [0, 0.05) is 6.16 Å². The van der Waals surface area contributed by atoms with Crippen LogP contribution in [0.4, 0.5) is 0 Å². The van der Waals surface area contributed by atoms with Crippen molar-refractivity contribution in [2.75, 3.05) is 19.4 Å². The van der Waals surface area contributed by atoms with Gasteiger partial charge >= 0.3 is 0 Å². The van der Waals surface area contributed by atoms with Crippen LogP contribution in [-0.4, -0.2) is 19.4 Å². The Morgan fingerprint density at radius 3 is 1.64 bits per heavy atom. The maximum atomic E-state index is 5.49. The van der Waals surface area contributed by atoms with Gasteiger partial charge in [-0.25, -0.2) is 0 Å².